The summed E-state index contributed by atoms with van der Waals surface area (Å²) in [4.78, 5) is 0. The van der Waals surface area contributed by atoms with Crippen molar-refractivity contribution in [3.8, 4) is 0 Å². The van der Waals surface area contributed by atoms with Crippen LogP contribution < -0.4 is 11.2 Å². The number of nitrogens with one attached hydrogen (secondary N) is 1. The number of aromatic nitrogens is 1. The van der Waals surface area contributed by atoms with Crippen LogP contribution in [-0.4, -0.2) is 15.9 Å². The van der Waals surface area contributed by atoms with Crippen LogP contribution in [-0.2, 0) is 7.05 Å². The molecule has 0 fully saturated rings. The minimum atomic E-state index is 0.169. The molecule has 0 amide bonds. The molecule has 0 aliphatic rings. The molecule has 0 radical (unpaired) electrons. The van der Waals surface area contributed by atoms with Gasteiger partial charge in [-0.25, -0.2) is 0 Å². The molecule has 5 heteroatoms. The second-order valence-electron chi connectivity index (χ2n) is 2.34. The van der Waals surface area contributed by atoms with E-state index in [4.69, 9.17) is 5.73 Å². The van der Waals surface area contributed by atoms with E-state index in [1.165, 1.54) is 0 Å². The fraction of sp³-hybridized carbons (Fsp3) is 0.143. The molecule has 1 aromatic rings. The van der Waals surface area contributed by atoms with E-state index in [0.29, 0.717) is 0 Å². The summed E-state index contributed by atoms with van der Waals surface area (Å²) >= 11 is 4.56. The van der Waals surface area contributed by atoms with Crippen LogP contribution in [0, 0.1) is 0 Å². The fourth-order valence-electron chi connectivity index (χ4n) is 0.772. The van der Waals surface area contributed by atoms with E-state index >= 15 is 0 Å². The van der Waals surface area contributed by atoms with E-state index < -0.39 is 0 Å². The third kappa shape index (κ3) is 2.71. The van der Waals surface area contributed by atoms with Crippen LogP contribution in [0.25, 0.3) is 0 Å². The molecule has 1 aromatic heterocycles. The molecule has 12 heavy (non-hydrogen) atoms. The van der Waals surface area contributed by atoms with Crippen LogP contribution in [0.3, 0.4) is 0 Å². The Morgan fingerprint density at radius 2 is 2.58 bits per heavy atom. The van der Waals surface area contributed by atoms with Crippen molar-refractivity contribution in [3.05, 3.63) is 24.0 Å². The number of hydrazone groups is 1. The van der Waals surface area contributed by atoms with E-state index in [0.717, 1.165) is 5.56 Å². The van der Waals surface area contributed by atoms with Crippen LogP contribution >= 0.6 is 12.2 Å². The largest absolute Gasteiger partial charge is 0.375 e. The Morgan fingerprint density at radius 3 is 3.08 bits per heavy atom. The van der Waals surface area contributed by atoms with Gasteiger partial charge in [0, 0.05) is 25.0 Å². The van der Waals surface area contributed by atoms with Crippen LogP contribution in [0.5, 0.6) is 0 Å². The van der Waals surface area contributed by atoms with Crippen LogP contribution in [0.4, 0.5) is 0 Å². The van der Waals surface area contributed by atoms with Crippen molar-refractivity contribution in [3.63, 3.8) is 0 Å². The molecule has 0 aromatic carbocycles. The summed E-state index contributed by atoms with van der Waals surface area (Å²) in [6.45, 7) is 0. The van der Waals surface area contributed by atoms with Crippen molar-refractivity contribution in [2.45, 2.75) is 0 Å². The number of hydrogen-bond donors (Lipinski definition) is 2. The number of hydrogen-bond acceptors (Lipinski definition) is 2. The van der Waals surface area contributed by atoms with Gasteiger partial charge in [-0.05, 0) is 18.3 Å². The lowest BCUT2D eigenvalue weighted by Crippen LogP contribution is -2.23. The van der Waals surface area contributed by atoms with Gasteiger partial charge in [0.25, 0.3) is 0 Å². The zero-order valence-electron chi connectivity index (χ0n) is 6.69. The highest BCUT2D eigenvalue weighted by Crippen LogP contribution is 1.94. The Balaban J connectivity index is 2.52. The Morgan fingerprint density at radius 1 is 1.83 bits per heavy atom. The van der Waals surface area contributed by atoms with E-state index in [-0.39, 0.29) is 5.11 Å². The molecule has 3 N–H and O–H groups in total. The molecule has 0 atom stereocenters. The van der Waals surface area contributed by atoms with Crippen LogP contribution in [0.2, 0.25) is 0 Å². The second-order valence-corrected chi connectivity index (χ2v) is 2.78. The SMILES string of the molecule is Cn1ccc(C=NNC(N)=S)c1. The quantitative estimate of drug-likeness (QED) is 0.390. The molecule has 0 spiro atoms. The first-order valence-corrected chi connectivity index (χ1v) is 3.80. The molecule has 1 heterocycles. The second kappa shape index (κ2) is 3.87. The molecule has 4 nitrogen and oxygen atoms in total. The molecule has 0 aliphatic carbocycles. The van der Waals surface area contributed by atoms with Gasteiger partial charge in [-0.2, -0.15) is 5.10 Å². The molecule has 64 valence electrons. The summed E-state index contributed by atoms with van der Waals surface area (Å²) in [6, 6.07) is 1.94. The minimum absolute atomic E-state index is 0.169. The number of rotatable bonds is 2. The highest BCUT2D eigenvalue weighted by Gasteiger charge is 1.88. The smallest absolute Gasteiger partial charge is 0.184 e. The monoisotopic (exact) mass is 182 g/mol. The molecule has 0 unspecified atom stereocenters. The Bertz CT molecular complexity index is 302. The first kappa shape index (κ1) is 8.73. The molecule has 0 saturated heterocycles. The average Bonchev–Trinajstić information content (AvgIpc) is 2.35. The zero-order valence-corrected chi connectivity index (χ0v) is 7.51. The van der Waals surface area contributed by atoms with Gasteiger partial charge in [0.05, 0.1) is 6.21 Å². The van der Waals surface area contributed by atoms with Crippen molar-refractivity contribution < 1.29 is 0 Å². The van der Waals surface area contributed by atoms with Crippen molar-refractivity contribution in [1.29, 1.82) is 0 Å². The average molecular weight is 182 g/mol. The summed E-state index contributed by atoms with van der Waals surface area (Å²) in [5.41, 5.74) is 8.64. The summed E-state index contributed by atoms with van der Waals surface area (Å²) in [5, 5.41) is 3.97. The standard InChI is InChI=1S/C7H10N4S/c1-11-3-2-6(5-11)4-9-10-7(8)12/h2-5H,1H3,(H3,8,10,12). The Labute approximate surface area is 76.1 Å². The van der Waals surface area contributed by atoms with Crippen molar-refractivity contribution in [2.75, 3.05) is 0 Å². The molecule has 0 aliphatic heterocycles. The van der Waals surface area contributed by atoms with Gasteiger partial charge in [-0.1, -0.05) is 0 Å². The number of aryl methyl sites for hydroxylation is 1. The van der Waals surface area contributed by atoms with Gasteiger partial charge < -0.3 is 10.3 Å². The first-order chi connectivity index (χ1) is 5.68. The predicted molar refractivity (Wildman–Crippen MR) is 52.9 cm³/mol. The maximum atomic E-state index is 5.16. The van der Waals surface area contributed by atoms with E-state index in [1.807, 2.05) is 30.1 Å². The van der Waals surface area contributed by atoms with Gasteiger partial charge in [0.1, 0.15) is 0 Å². The number of nitrogens with two attached hydrogens (primary N) is 1. The summed E-state index contributed by atoms with van der Waals surface area (Å²) in [6.07, 6.45) is 5.52. The predicted octanol–water partition coefficient (Wildman–Crippen LogP) is 0.192. The maximum Gasteiger partial charge on any atom is 0.184 e. The Hall–Kier alpha value is -1.36. The summed E-state index contributed by atoms with van der Waals surface area (Å²) < 4.78 is 1.93. The van der Waals surface area contributed by atoms with Crippen molar-refractivity contribution >= 4 is 23.5 Å². The van der Waals surface area contributed by atoms with Gasteiger partial charge >= 0.3 is 0 Å². The maximum absolute atomic E-state index is 5.16. The van der Waals surface area contributed by atoms with Gasteiger partial charge in [-0.3, -0.25) is 5.43 Å². The van der Waals surface area contributed by atoms with Crippen LogP contribution in [0.15, 0.2) is 23.6 Å². The zero-order chi connectivity index (χ0) is 8.97. The number of thiocarbonyl (C=S) groups is 1. The molecular formula is C7H10N4S. The van der Waals surface area contributed by atoms with E-state index in [9.17, 15) is 0 Å². The summed E-state index contributed by atoms with van der Waals surface area (Å²) in [7, 11) is 1.94. The molecular weight excluding hydrogens is 172 g/mol. The lowest BCUT2D eigenvalue weighted by Gasteiger charge is -1.91. The van der Waals surface area contributed by atoms with Gasteiger partial charge in [0.15, 0.2) is 5.11 Å². The normalized spacial score (nSPS) is 10.4. The molecule has 0 bridgehead atoms. The third-order valence-electron chi connectivity index (χ3n) is 1.24. The highest BCUT2D eigenvalue weighted by molar-refractivity contribution is 7.80. The summed E-state index contributed by atoms with van der Waals surface area (Å²) in [5.74, 6) is 0. The van der Waals surface area contributed by atoms with Crippen molar-refractivity contribution in [1.82, 2.24) is 9.99 Å². The highest BCUT2D eigenvalue weighted by atomic mass is 32.1. The topological polar surface area (TPSA) is 55.3 Å². The lowest BCUT2D eigenvalue weighted by molar-refractivity contribution is 0.927. The van der Waals surface area contributed by atoms with Gasteiger partial charge in [-0.15, -0.1) is 0 Å². The first-order valence-electron chi connectivity index (χ1n) is 3.39. The Kier molecular flexibility index (Phi) is 2.82. The van der Waals surface area contributed by atoms with Crippen molar-refractivity contribution in [2.24, 2.45) is 17.9 Å². The molecule has 0 saturated carbocycles. The van der Waals surface area contributed by atoms with Crippen LogP contribution in [0.1, 0.15) is 5.56 Å². The third-order valence-corrected chi connectivity index (χ3v) is 1.33. The fourth-order valence-corrected chi connectivity index (χ4v) is 0.824. The molecule has 1 rings (SSSR count). The van der Waals surface area contributed by atoms with E-state index in [2.05, 4.69) is 22.7 Å². The number of nitrogens with zero attached hydrogens (tertiary/aromatic N) is 2. The van der Waals surface area contributed by atoms with Gasteiger partial charge in [0.2, 0.25) is 0 Å². The minimum Gasteiger partial charge on any atom is -0.375 e. The lowest BCUT2D eigenvalue weighted by atomic mass is 10.4. The van der Waals surface area contributed by atoms with E-state index in [1.54, 1.807) is 6.21 Å².